The summed E-state index contributed by atoms with van der Waals surface area (Å²) in [6.07, 6.45) is 2.36. The van der Waals surface area contributed by atoms with Gasteiger partial charge in [0, 0.05) is 43.3 Å². The molecule has 1 unspecified atom stereocenters. The van der Waals surface area contributed by atoms with Crippen molar-refractivity contribution in [2.24, 2.45) is 4.99 Å². The minimum Gasteiger partial charge on any atom is -0.381 e. The Morgan fingerprint density at radius 1 is 1.35 bits per heavy atom. The molecule has 0 spiro atoms. The van der Waals surface area contributed by atoms with Crippen molar-refractivity contribution in [3.05, 3.63) is 34.9 Å². The van der Waals surface area contributed by atoms with Gasteiger partial charge in [-0.3, -0.25) is 4.99 Å². The highest BCUT2D eigenvalue weighted by Gasteiger charge is 2.36. The summed E-state index contributed by atoms with van der Waals surface area (Å²) in [6.45, 7) is 2.05. The van der Waals surface area contributed by atoms with Gasteiger partial charge in [-0.15, -0.1) is 0 Å². The van der Waals surface area contributed by atoms with Gasteiger partial charge in [0.1, 0.15) is 0 Å². The Kier molecular flexibility index (Phi) is 6.10. The lowest BCUT2D eigenvalue weighted by Crippen LogP contribution is -2.50. The molecule has 2 heterocycles. The van der Waals surface area contributed by atoms with E-state index in [-0.39, 0.29) is 23.0 Å². The van der Waals surface area contributed by atoms with E-state index in [0.717, 1.165) is 23.4 Å². The summed E-state index contributed by atoms with van der Waals surface area (Å²) in [7, 11) is -1.23. The van der Waals surface area contributed by atoms with Gasteiger partial charge in [0.2, 0.25) is 0 Å². The highest BCUT2D eigenvalue weighted by atomic mass is 35.5. The number of sulfone groups is 1. The third-order valence-corrected chi connectivity index (χ3v) is 7.38. The number of aliphatic imine (C=N–C) groups is 1. The van der Waals surface area contributed by atoms with Gasteiger partial charge in [-0.05, 0) is 30.9 Å². The van der Waals surface area contributed by atoms with Crippen molar-refractivity contribution >= 4 is 27.4 Å². The second-order valence-electron chi connectivity index (χ2n) is 7.04. The zero-order valence-electron chi connectivity index (χ0n) is 15.0. The molecular weight excluding hydrogens is 374 g/mol. The molecule has 0 saturated carbocycles. The van der Waals surface area contributed by atoms with Gasteiger partial charge in [-0.25, -0.2) is 8.42 Å². The number of nitrogens with zero attached hydrogens (tertiary/aromatic N) is 1. The molecule has 26 heavy (non-hydrogen) atoms. The lowest BCUT2D eigenvalue weighted by atomic mass is 9.74. The van der Waals surface area contributed by atoms with E-state index in [1.165, 1.54) is 0 Å². The molecule has 2 aliphatic rings. The molecule has 1 atom stereocenters. The smallest absolute Gasteiger partial charge is 0.191 e. The fourth-order valence-electron chi connectivity index (χ4n) is 3.74. The van der Waals surface area contributed by atoms with Gasteiger partial charge in [-0.2, -0.15) is 0 Å². The van der Waals surface area contributed by atoms with Crippen LogP contribution >= 0.6 is 11.6 Å². The van der Waals surface area contributed by atoms with Crippen LogP contribution in [0.25, 0.3) is 0 Å². The molecule has 8 heteroatoms. The molecule has 0 aliphatic carbocycles. The maximum atomic E-state index is 11.7. The minimum atomic E-state index is -2.92. The number of halogens is 1. The highest BCUT2D eigenvalue weighted by Crippen LogP contribution is 2.38. The lowest BCUT2D eigenvalue weighted by Gasteiger charge is -2.39. The zero-order valence-corrected chi connectivity index (χ0v) is 16.6. The van der Waals surface area contributed by atoms with E-state index in [4.69, 9.17) is 16.3 Å². The van der Waals surface area contributed by atoms with Crippen LogP contribution in [0.2, 0.25) is 5.02 Å². The van der Waals surface area contributed by atoms with Crippen molar-refractivity contribution in [2.75, 3.05) is 38.3 Å². The molecular formula is C18H26ClN3O3S. The average molecular weight is 400 g/mol. The van der Waals surface area contributed by atoms with Crippen LogP contribution in [0.4, 0.5) is 0 Å². The molecule has 0 amide bonds. The number of benzene rings is 1. The predicted molar refractivity (Wildman–Crippen MR) is 105 cm³/mol. The van der Waals surface area contributed by atoms with Gasteiger partial charge >= 0.3 is 0 Å². The number of guanidine groups is 1. The Morgan fingerprint density at radius 3 is 2.69 bits per heavy atom. The maximum absolute atomic E-state index is 11.7. The van der Waals surface area contributed by atoms with E-state index in [9.17, 15) is 8.42 Å². The van der Waals surface area contributed by atoms with Crippen LogP contribution in [0.15, 0.2) is 29.3 Å². The second-order valence-corrected chi connectivity index (χ2v) is 9.68. The third-order valence-electron chi connectivity index (χ3n) is 5.29. The highest BCUT2D eigenvalue weighted by molar-refractivity contribution is 7.91. The minimum absolute atomic E-state index is 0.0860. The monoisotopic (exact) mass is 399 g/mol. The second kappa shape index (κ2) is 8.15. The first-order valence-corrected chi connectivity index (χ1v) is 11.1. The molecule has 1 aromatic carbocycles. The number of nitrogens with one attached hydrogen (secondary N) is 2. The van der Waals surface area contributed by atoms with Gasteiger partial charge < -0.3 is 15.4 Å². The average Bonchev–Trinajstić information content (AvgIpc) is 2.98. The molecule has 0 bridgehead atoms. The lowest BCUT2D eigenvalue weighted by molar-refractivity contribution is 0.0514. The van der Waals surface area contributed by atoms with E-state index in [0.29, 0.717) is 32.1 Å². The molecule has 1 aromatic rings. The Labute approximate surface area is 160 Å². The SMILES string of the molecule is CN=C(NCC1(c2ccccc2Cl)CCOCC1)NC1CCS(=O)(=O)C1. The number of ether oxygens (including phenoxy) is 1. The van der Waals surface area contributed by atoms with Gasteiger partial charge in [-0.1, -0.05) is 29.8 Å². The summed E-state index contributed by atoms with van der Waals surface area (Å²) in [5.74, 6) is 1.03. The normalized spacial score (nSPS) is 25.0. The first kappa shape index (κ1) is 19.5. The van der Waals surface area contributed by atoms with Crippen molar-refractivity contribution in [3.63, 3.8) is 0 Å². The molecule has 2 fully saturated rings. The fourth-order valence-corrected chi connectivity index (χ4v) is 5.75. The topological polar surface area (TPSA) is 79.8 Å². The first-order valence-electron chi connectivity index (χ1n) is 8.94. The molecule has 2 N–H and O–H groups in total. The largest absolute Gasteiger partial charge is 0.381 e. The molecule has 0 radical (unpaired) electrons. The number of rotatable bonds is 4. The molecule has 2 saturated heterocycles. The van der Waals surface area contributed by atoms with Crippen molar-refractivity contribution < 1.29 is 13.2 Å². The summed E-state index contributed by atoms with van der Waals surface area (Å²) in [5, 5.41) is 7.39. The summed E-state index contributed by atoms with van der Waals surface area (Å²) in [4.78, 5) is 4.27. The Bertz CT molecular complexity index is 761. The van der Waals surface area contributed by atoms with E-state index in [1.54, 1.807) is 7.05 Å². The Balaban J connectivity index is 1.70. The van der Waals surface area contributed by atoms with Gasteiger partial charge in [0.05, 0.1) is 11.5 Å². The molecule has 3 rings (SSSR count). The summed E-state index contributed by atoms with van der Waals surface area (Å²) in [6, 6.07) is 7.86. The van der Waals surface area contributed by atoms with Crippen LogP contribution in [0.3, 0.4) is 0 Å². The Hall–Kier alpha value is -1.31. The van der Waals surface area contributed by atoms with E-state index < -0.39 is 9.84 Å². The standard InChI is InChI=1S/C18H26ClN3O3S/c1-20-17(22-14-6-11-26(23,24)12-14)21-13-18(7-9-25-10-8-18)15-4-2-3-5-16(15)19/h2-5,14H,6-13H2,1H3,(H2,20,21,22). The maximum Gasteiger partial charge on any atom is 0.191 e. The molecule has 6 nitrogen and oxygen atoms in total. The quantitative estimate of drug-likeness (QED) is 0.595. The fraction of sp³-hybridized carbons (Fsp3) is 0.611. The molecule has 0 aromatic heterocycles. The first-order chi connectivity index (χ1) is 12.4. The summed E-state index contributed by atoms with van der Waals surface area (Å²) >= 11 is 6.48. The van der Waals surface area contributed by atoms with Crippen molar-refractivity contribution in [1.82, 2.24) is 10.6 Å². The van der Waals surface area contributed by atoms with Crippen molar-refractivity contribution in [2.45, 2.75) is 30.7 Å². The van der Waals surface area contributed by atoms with Crippen LogP contribution in [0.5, 0.6) is 0 Å². The molecule has 144 valence electrons. The third kappa shape index (κ3) is 4.50. The number of hydrogen-bond donors (Lipinski definition) is 2. The molecule has 2 aliphatic heterocycles. The zero-order chi connectivity index (χ0) is 18.6. The van der Waals surface area contributed by atoms with Crippen molar-refractivity contribution in [3.8, 4) is 0 Å². The van der Waals surface area contributed by atoms with E-state index >= 15 is 0 Å². The van der Waals surface area contributed by atoms with Gasteiger partial charge in [0.15, 0.2) is 15.8 Å². The van der Waals surface area contributed by atoms with Crippen molar-refractivity contribution in [1.29, 1.82) is 0 Å². The van der Waals surface area contributed by atoms with Crippen LogP contribution in [0.1, 0.15) is 24.8 Å². The predicted octanol–water partition coefficient (Wildman–Crippen LogP) is 1.74. The van der Waals surface area contributed by atoms with Crippen LogP contribution < -0.4 is 10.6 Å². The van der Waals surface area contributed by atoms with Gasteiger partial charge in [0.25, 0.3) is 0 Å². The van der Waals surface area contributed by atoms with E-state index in [2.05, 4.69) is 21.7 Å². The summed E-state index contributed by atoms with van der Waals surface area (Å²) in [5.41, 5.74) is 0.993. The summed E-state index contributed by atoms with van der Waals surface area (Å²) < 4.78 is 28.9. The van der Waals surface area contributed by atoms with E-state index in [1.807, 2.05) is 18.2 Å². The van der Waals surface area contributed by atoms with Crippen LogP contribution in [-0.2, 0) is 20.0 Å². The number of hydrogen-bond acceptors (Lipinski definition) is 4. The Morgan fingerprint density at radius 2 is 2.08 bits per heavy atom. The van der Waals surface area contributed by atoms with Crippen LogP contribution in [0, 0.1) is 0 Å². The van der Waals surface area contributed by atoms with Crippen LogP contribution in [-0.4, -0.2) is 58.7 Å².